The van der Waals surface area contributed by atoms with Gasteiger partial charge in [0.2, 0.25) is 5.91 Å². The van der Waals surface area contributed by atoms with E-state index in [-0.39, 0.29) is 23.9 Å². The molecule has 1 heterocycles. The molecule has 0 bridgehead atoms. The maximum atomic E-state index is 12.5. The number of hydrogen-bond donors (Lipinski definition) is 1. The molecule has 2 amide bonds. The van der Waals surface area contributed by atoms with Crippen molar-refractivity contribution in [3.63, 3.8) is 0 Å². The number of aryl methyl sites for hydroxylation is 2. The number of benzene rings is 2. The van der Waals surface area contributed by atoms with E-state index in [1.54, 1.807) is 11.8 Å². The lowest BCUT2D eigenvalue weighted by Crippen LogP contribution is -2.41. The van der Waals surface area contributed by atoms with E-state index in [1.807, 2.05) is 49.9 Å². The zero-order valence-electron chi connectivity index (χ0n) is 16.5. The minimum Gasteiger partial charge on any atom is -0.447 e. The van der Waals surface area contributed by atoms with Crippen LogP contribution in [0.4, 0.5) is 10.5 Å². The quantitative estimate of drug-likeness (QED) is 0.751. The van der Waals surface area contributed by atoms with Crippen molar-refractivity contribution in [1.29, 1.82) is 0 Å². The van der Waals surface area contributed by atoms with E-state index in [9.17, 15) is 9.59 Å². The highest BCUT2D eigenvalue weighted by Gasteiger charge is 2.37. The Kier molecular flexibility index (Phi) is 6.62. The zero-order valence-corrected chi connectivity index (χ0v) is 17.3. The van der Waals surface area contributed by atoms with Crippen LogP contribution in [-0.4, -0.2) is 35.3 Å². The molecule has 0 saturated carbocycles. The molecule has 5 nitrogen and oxygen atoms in total. The molecule has 1 N–H and O–H groups in total. The SMILES string of the molecule is CCC(COC(=O)Nc1ccc(C)cc1)N1C(=O)CSC1c1ccc(C)cc1. The lowest BCUT2D eigenvalue weighted by molar-refractivity contribution is -0.131. The molecule has 2 atom stereocenters. The first-order valence-corrected chi connectivity index (χ1v) is 10.5. The highest BCUT2D eigenvalue weighted by atomic mass is 32.2. The maximum Gasteiger partial charge on any atom is 0.411 e. The van der Waals surface area contributed by atoms with E-state index in [1.165, 1.54) is 5.56 Å². The monoisotopic (exact) mass is 398 g/mol. The molecule has 28 heavy (non-hydrogen) atoms. The van der Waals surface area contributed by atoms with Gasteiger partial charge in [-0.1, -0.05) is 54.4 Å². The van der Waals surface area contributed by atoms with Crippen LogP contribution in [0.25, 0.3) is 0 Å². The highest BCUT2D eigenvalue weighted by molar-refractivity contribution is 8.00. The Morgan fingerprint density at radius 1 is 1.14 bits per heavy atom. The van der Waals surface area contributed by atoms with Crippen molar-refractivity contribution in [3.05, 3.63) is 65.2 Å². The molecule has 1 aliphatic heterocycles. The van der Waals surface area contributed by atoms with Crippen molar-refractivity contribution in [2.45, 2.75) is 38.6 Å². The Bertz CT molecular complexity index is 821. The summed E-state index contributed by atoms with van der Waals surface area (Å²) in [5, 5.41) is 2.69. The summed E-state index contributed by atoms with van der Waals surface area (Å²) in [7, 11) is 0. The van der Waals surface area contributed by atoms with E-state index in [0.29, 0.717) is 17.9 Å². The van der Waals surface area contributed by atoms with Crippen molar-refractivity contribution in [1.82, 2.24) is 4.90 Å². The van der Waals surface area contributed by atoms with Gasteiger partial charge in [0, 0.05) is 5.69 Å². The Morgan fingerprint density at radius 2 is 1.75 bits per heavy atom. The number of carbonyl (C=O) groups excluding carboxylic acids is 2. The van der Waals surface area contributed by atoms with Crippen molar-refractivity contribution in [2.75, 3.05) is 17.7 Å². The summed E-state index contributed by atoms with van der Waals surface area (Å²) >= 11 is 1.62. The number of carbonyl (C=O) groups is 2. The number of ether oxygens (including phenoxy) is 1. The fourth-order valence-corrected chi connectivity index (χ4v) is 4.43. The van der Waals surface area contributed by atoms with Crippen molar-refractivity contribution in [3.8, 4) is 0 Å². The lowest BCUT2D eigenvalue weighted by atomic mass is 10.1. The molecule has 2 aromatic rings. The summed E-state index contributed by atoms with van der Waals surface area (Å²) in [4.78, 5) is 26.6. The first kappa shape index (κ1) is 20.3. The normalized spacial score (nSPS) is 17.5. The third kappa shape index (κ3) is 4.87. The summed E-state index contributed by atoms with van der Waals surface area (Å²) < 4.78 is 5.44. The Morgan fingerprint density at radius 3 is 2.36 bits per heavy atom. The van der Waals surface area contributed by atoms with E-state index in [2.05, 4.69) is 29.6 Å². The second-order valence-corrected chi connectivity index (χ2v) is 8.10. The van der Waals surface area contributed by atoms with E-state index < -0.39 is 6.09 Å². The molecular formula is C22H26N2O3S. The van der Waals surface area contributed by atoms with Crippen LogP contribution in [0.15, 0.2) is 48.5 Å². The minimum atomic E-state index is -0.506. The van der Waals surface area contributed by atoms with Gasteiger partial charge < -0.3 is 9.64 Å². The first-order valence-electron chi connectivity index (χ1n) is 9.47. The molecule has 0 aromatic heterocycles. The topological polar surface area (TPSA) is 58.6 Å². The van der Waals surface area contributed by atoms with Gasteiger partial charge in [-0.15, -0.1) is 11.8 Å². The van der Waals surface area contributed by atoms with Crippen LogP contribution in [0, 0.1) is 13.8 Å². The molecule has 2 unspecified atom stereocenters. The van der Waals surface area contributed by atoms with Crippen LogP contribution in [-0.2, 0) is 9.53 Å². The first-order chi connectivity index (χ1) is 13.5. The molecule has 6 heteroatoms. The van der Waals surface area contributed by atoms with Crippen LogP contribution in [0.5, 0.6) is 0 Å². The number of hydrogen-bond acceptors (Lipinski definition) is 4. The second kappa shape index (κ2) is 9.15. The largest absolute Gasteiger partial charge is 0.447 e. The number of thioether (sulfide) groups is 1. The van der Waals surface area contributed by atoms with Gasteiger partial charge in [0.15, 0.2) is 0 Å². The van der Waals surface area contributed by atoms with E-state index >= 15 is 0 Å². The second-order valence-electron chi connectivity index (χ2n) is 7.03. The summed E-state index contributed by atoms with van der Waals surface area (Å²) in [6.45, 7) is 6.21. The third-order valence-corrected chi connectivity index (χ3v) is 6.07. The molecule has 0 spiro atoms. The summed E-state index contributed by atoms with van der Waals surface area (Å²) in [5.41, 5.74) is 4.10. The van der Waals surface area contributed by atoms with Crippen molar-refractivity contribution >= 4 is 29.4 Å². The number of nitrogens with zero attached hydrogens (tertiary/aromatic N) is 1. The molecule has 148 valence electrons. The van der Waals surface area contributed by atoms with Crippen LogP contribution in [0.2, 0.25) is 0 Å². The van der Waals surface area contributed by atoms with Crippen molar-refractivity contribution in [2.24, 2.45) is 0 Å². The summed E-state index contributed by atoms with van der Waals surface area (Å²) in [6.07, 6.45) is 0.209. The summed E-state index contributed by atoms with van der Waals surface area (Å²) in [5.74, 6) is 0.537. The molecule has 1 aliphatic rings. The van der Waals surface area contributed by atoms with Gasteiger partial charge in [-0.05, 0) is 38.0 Å². The molecule has 1 saturated heterocycles. The molecule has 0 radical (unpaired) electrons. The number of amides is 2. The van der Waals surface area contributed by atoms with Crippen molar-refractivity contribution < 1.29 is 14.3 Å². The van der Waals surface area contributed by atoms with Gasteiger partial charge in [0.1, 0.15) is 12.0 Å². The van der Waals surface area contributed by atoms with Gasteiger partial charge in [-0.25, -0.2) is 4.79 Å². The van der Waals surface area contributed by atoms with Crippen LogP contribution < -0.4 is 5.32 Å². The fraction of sp³-hybridized carbons (Fsp3) is 0.364. The fourth-order valence-electron chi connectivity index (χ4n) is 3.18. The zero-order chi connectivity index (χ0) is 20.1. The van der Waals surface area contributed by atoms with Crippen LogP contribution in [0.3, 0.4) is 0 Å². The number of rotatable bonds is 6. The van der Waals surface area contributed by atoms with Gasteiger partial charge in [0.05, 0.1) is 11.8 Å². The summed E-state index contributed by atoms with van der Waals surface area (Å²) in [6, 6.07) is 15.6. The number of anilines is 1. The molecule has 1 fully saturated rings. The smallest absolute Gasteiger partial charge is 0.411 e. The Balaban J connectivity index is 1.63. The number of nitrogens with one attached hydrogen (secondary N) is 1. The van der Waals surface area contributed by atoms with Gasteiger partial charge in [-0.2, -0.15) is 0 Å². The average molecular weight is 399 g/mol. The van der Waals surface area contributed by atoms with E-state index in [4.69, 9.17) is 4.74 Å². The maximum absolute atomic E-state index is 12.5. The average Bonchev–Trinajstić information content (AvgIpc) is 3.06. The van der Waals surface area contributed by atoms with Crippen LogP contribution >= 0.6 is 11.8 Å². The third-order valence-electron chi connectivity index (χ3n) is 4.84. The highest BCUT2D eigenvalue weighted by Crippen LogP contribution is 2.40. The Labute approximate surface area is 170 Å². The van der Waals surface area contributed by atoms with Gasteiger partial charge in [0.25, 0.3) is 0 Å². The molecular weight excluding hydrogens is 372 g/mol. The van der Waals surface area contributed by atoms with E-state index in [0.717, 1.165) is 11.1 Å². The van der Waals surface area contributed by atoms with Gasteiger partial charge in [-0.3, -0.25) is 10.1 Å². The lowest BCUT2D eigenvalue weighted by Gasteiger charge is -2.32. The molecule has 3 rings (SSSR count). The predicted octanol–water partition coefficient (Wildman–Crippen LogP) is 4.90. The molecule has 2 aromatic carbocycles. The standard InChI is InChI=1S/C22H26N2O3S/c1-4-19(13-27-22(26)23-18-11-7-16(3)8-12-18)24-20(25)14-28-21(24)17-9-5-15(2)6-10-17/h5-12,19,21H,4,13-14H2,1-3H3,(H,23,26). The molecule has 0 aliphatic carbocycles. The minimum absolute atomic E-state index is 0.0400. The predicted molar refractivity (Wildman–Crippen MR) is 113 cm³/mol. The Hall–Kier alpha value is -2.47. The van der Waals surface area contributed by atoms with Gasteiger partial charge >= 0.3 is 6.09 Å². The van der Waals surface area contributed by atoms with Crippen LogP contribution in [0.1, 0.15) is 35.4 Å².